The molecule has 2 aliphatic rings. The summed E-state index contributed by atoms with van der Waals surface area (Å²) in [4.78, 5) is 16.6. The van der Waals surface area contributed by atoms with Crippen LogP contribution in [0.4, 0.5) is 4.39 Å². The highest BCUT2D eigenvalue weighted by Gasteiger charge is 2.26. The molecule has 0 spiro atoms. The molecule has 1 unspecified atom stereocenters. The number of benzene rings is 1. The summed E-state index contributed by atoms with van der Waals surface area (Å²) in [6.45, 7) is 1.56. The fourth-order valence-electron chi connectivity index (χ4n) is 3.70. The first kappa shape index (κ1) is 16.3. The van der Waals surface area contributed by atoms with Gasteiger partial charge >= 0.3 is 0 Å². The summed E-state index contributed by atoms with van der Waals surface area (Å²) in [5.41, 5.74) is 1.88. The largest absolute Gasteiger partial charge is 0.367 e. The molecule has 6 heteroatoms. The van der Waals surface area contributed by atoms with Crippen LogP contribution in [0.15, 0.2) is 30.5 Å². The first-order chi connectivity index (χ1) is 12.2. The summed E-state index contributed by atoms with van der Waals surface area (Å²) in [6, 6.07) is 6.42. The van der Waals surface area contributed by atoms with Crippen molar-refractivity contribution in [1.82, 2.24) is 14.9 Å². The predicted octanol–water partition coefficient (Wildman–Crippen LogP) is 2.89. The van der Waals surface area contributed by atoms with Crippen LogP contribution in [0.1, 0.15) is 31.5 Å². The quantitative estimate of drug-likeness (QED) is 0.929. The molecule has 1 aromatic heterocycles. The summed E-state index contributed by atoms with van der Waals surface area (Å²) in [7, 11) is 0. The lowest BCUT2D eigenvalue weighted by Crippen LogP contribution is -2.40. The topological polar surface area (TPSA) is 56.2 Å². The van der Waals surface area contributed by atoms with Crippen LogP contribution >= 0.6 is 0 Å². The Morgan fingerprint density at radius 3 is 2.80 bits per heavy atom. The number of halogens is 1. The monoisotopic (exact) mass is 343 g/mol. The minimum Gasteiger partial charge on any atom is -0.367 e. The van der Waals surface area contributed by atoms with Crippen LogP contribution in [0.25, 0.3) is 11.3 Å². The van der Waals surface area contributed by atoms with E-state index >= 15 is 0 Å². The Kier molecular flexibility index (Phi) is 4.53. The SMILES string of the molecule is O=C(NCC1Cn2c(-c3ccc(F)cc3)cnc2CO1)C1CCCC1. The standard InChI is InChI=1S/C19H22FN3O2/c20-15-7-5-13(6-8-15)17-10-21-18-12-25-16(11-23(17)18)9-22-19(24)14-3-1-2-4-14/h5-8,10,14,16H,1-4,9,11-12H2,(H,22,24). The van der Waals surface area contributed by atoms with E-state index in [1.165, 1.54) is 12.1 Å². The number of aromatic nitrogens is 2. The van der Waals surface area contributed by atoms with Crippen molar-refractivity contribution in [3.63, 3.8) is 0 Å². The number of nitrogens with one attached hydrogen (secondary N) is 1. The van der Waals surface area contributed by atoms with Crippen LogP contribution in [-0.4, -0.2) is 28.1 Å². The van der Waals surface area contributed by atoms with Gasteiger partial charge in [0, 0.05) is 12.5 Å². The van der Waals surface area contributed by atoms with Gasteiger partial charge in [0.25, 0.3) is 0 Å². The van der Waals surface area contributed by atoms with Crippen molar-refractivity contribution in [3.8, 4) is 11.3 Å². The Morgan fingerprint density at radius 1 is 1.28 bits per heavy atom. The fraction of sp³-hybridized carbons (Fsp3) is 0.474. The van der Waals surface area contributed by atoms with Crippen molar-refractivity contribution >= 4 is 5.91 Å². The van der Waals surface area contributed by atoms with Crippen molar-refractivity contribution in [2.45, 2.75) is 44.9 Å². The summed E-state index contributed by atoms with van der Waals surface area (Å²) in [6.07, 6.45) is 6.02. The maximum absolute atomic E-state index is 13.2. The molecule has 1 aliphatic heterocycles. The van der Waals surface area contributed by atoms with Gasteiger partial charge in [-0.05, 0) is 42.7 Å². The van der Waals surface area contributed by atoms with Crippen molar-refractivity contribution in [2.24, 2.45) is 5.92 Å². The van der Waals surface area contributed by atoms with Gasteiger partial charge in [-0.2, -0.15) is 0 Å². The van der Waals surface area contributed by atoms with E-state index in [9.17, 15) is 9.18 Å². The zero-order valence-electron chi connectivity index (χ0n) is 14.1. The maximum atomic E-state index is 13.2. The average Bonchev–Trinajstić information content (AvgIpc) is 3.30. The number of hydrogen-bond donors (Lipinski definition) is 1. The number of hydrogen-bond acceptors (Lipinski definition) is 3. The van der Waals surface area contributed by atoms with Crippen molar-refractivity contribution in [1.29, 1.82) is 0 Å². The molecule has 1 amide bonds. The molecule has 0 radical (unpaired) electrons. The molecule has 2 aromatic rings. The molecule has 132 valence electrons. The van der Waals surface area contributed by atoms with Gasteiger partial charge in [0.15, 0.2) is 0 Å². The van der Waals surface area contributed by atoms with Gasteiger partial charge in [0.1, 0.15) is 18.2 Å². The molecule has 1 aromatic carbocycles. The Balaban J connectivity index is 1.42. The number of rotatable bonds is 4. The molecule has 4 rings (SSSR count). The summed E-state index contributed by atoms with van der Waals surface area (Å²) < 4.78 is 21.1. The lowest BCUT2D eigenvalue weighted by Gasteiger charge is -2.26. The highest BCUT2D eigenvalue weighted by molar-refractivity contribution is 5.78. The van der Waals surface area contributed by atoms with Gasteiger partial charge in [-0.3, -0.25) is 4.79 Å². The van der Waals surface area contributed by atoms with Crippen LogP contribution in [0, 0.1) is 11.7 Å². The van der Waals surface area contributed by atoms with E-state index in [0.29, 0.717) is 19.7 Å². The van der Waals surface area contributed by atoms with Gasteiger partial charge in [-0.25, -0.2) is 9.37 Å². The molecule has 0 bridgehead atoms. The van der Waals surface area contributed by atoms with Gasteiger partial charge < -0.3 is 14.6 Å². The van der Waals surface area contributed by atoms with Crippen LogP contribution in [0.5, 0.6) is 0 Å². The summed E-state index contributed by atoms with van der Waals surface area (Å²) in [5, 5.41) is 3.04. The minimum absolute atomic E-state index is 0.0775. The number of carbonyl (C=O) groups excluding carboxylic acids is 1. The van der Waals surface area contributed by atoms with Crippen molar-refractivity contribution in [3.05, 3.63) is 42.1 Å². The van der Waals surface area contributed by atoms with Crippen LogP contribution in [-0.2, 0) is 22.7 Å². The van der Waals surface area contributed by atoms with Crippen LogP contribution < -0.4 is 5.32 Å². The van der Waals surface area contributed by atoms with E-state index in [1.807, 2.05) is 0 Å². The predicted molar refractivity (Wildman–Crippen MR) is 91.2 cm³/mol. The maximum Gasteiger partial charge on any atom is 0.223 e. The van der Waals surface area contributed by atoms with E-state index in [-0.39, 0.29) is 23.7 Å². The van der Waals surface area contributed by atoms with Crippen molar-refractivity contribution in [2.75, 3.05) is 6.54 Å². The highest BCUT2D eigenvalue weighted by atomic mass is 19.1. The Bertz CT molecular complexity index is 751. The second kappa shape index (κ2) is 6.96. The first-order valence-electron chi connectivity index (χ1n) is 8.90. The third kappa shape index (κ3) is 3.44. The number of fused-ring (bicyclic) bond motifs is 1. The fourth-order valence-corrected chi connectivity index (χ4v) is 3.70. The Labute approximate surface area is 146 Å². The molecule has 1 fully saturated rings. The van der Waals surface area contributed by atoms with Crippen LogP contribution in [0.2, 0.25) is 0 Å². The number of ether oxygens (including phenoxy) is 1. The number of amides is 1. The number of carbonyl (C=O) groups is 1. The Hall–Kier alpha value is -2.21. The van der Waals surface area contributed by atoms with E-state index in [4.69, 9.17) is 4.74 Å². The number of nitrogens with zero attached hydrogens (tertiary/aromatic N) is 2. The molecular weight excluding hydrogens is 321 g/mol. The second-order valence-electron chi connectivity index (χ2n) is 6.84. The molecule has 0 saturated heterocycles. The van der Waals surface area contributed by atoms with E-state index in [0.717, 1.165) is 42.8 Å². The zero-order chi connectivity index (χ0) is 17.2. The molecule has 1 N–H and O–H groups in total. The molecule has 2 heterocycles. The van der Waals surface area contributed by atoms with Gasteiger partial charge in [0.05, 0.1) is 24.5 Å². The lowest BCUT2D eigenvalue weighted by molar-refractivity contribution is -0.125. The third-order valence-corrected chi connectivity index (χ3v) is 5.14. The molecule has 25 heavy (non-hydrogen) atoms. The molecule has 5 nitrogen and oxygen atoms in total. The van der Waals surface area contributed by atoms with Gasteiger partial charge in [0.2, 0.25) is 5.91 Å². The minimum atomic E-state index is -0.252. The first-order valence-corrected chi connectivity index (χ1v) is 8.90. The lowest BCUT2D eigenvalue weighted by atomic mass is 10.1. The highest BCUT2D eigenvalue weighted by Crippen LogP contribution is 2.26. The smallest absolute Gasteiger partial charge is 0.223 e. The van der Waals surface area contributed by atoms with Gasteiger partial charge in [-0.15, -0.1) is 0 Å². The van der Waals surface area contributed by atoms with Crippen molar-refractivity contribution < 1.29 is 13.9 Å². The van der Waals surface area contributed by atoms with Gasteiger partial charge in [-0.1, -0.05) is 12.8 Å². The summed E-state index contributed by atoms with van der Waals surface area (Å²) in [5.74, 6) is 0.925. The Morgan fingerprint density at radius 2 is 2.04 bits per heavy atom. The molecule has 1 saturated carbocycles. The molecule has 1 atom stereocenters. The van der Waals surface area contributed by atoms with Crippen LogP contribution in [0.3, 0.4) is 0 Å². The molecular formula is C19H22FN3O2. The average molecular weight is 343 g/mol. The zero-order valence-corrected chi connectivity index (χ0v) is 14.1. The number of imidazole rings is 1. The summed E-state index contributed by atoms with van der Waals surface area (Å²) >= 11 is 0. The third-order valence-electron chi connectivity index (χ3n) is 5.14. The normalized spacial score (nSPS) is 20.4. The van der Waals surface area contributed by atoms with E-state index in [1.54, 1.807) is 18.3 Å². The van der Waals surface area contributed by atoms with E-state index in [2.05, 4.69) is 14.9 Å². The van der Waals surface area contributed by atoms with E-state index < -0.39 is 0 Å². The second-order valence-corrected chi connectivity index (χ2v) is 6.84. The molecule has 1 aliphatic carbocycles.